The first-order valence-corrected chi connectivity index (χ1v) is 8.00. The molecule has 1 amide bonds. The lowest BCUT2D eigenvalue weighted by Crippen LogP contribution is -2.48. The fourth-order valence-electron chi connectivity index (χ4n) is 1.97. The van der Waals surface area contributed by atoms with Gasteiger partial charge in [0.15, 0.2) is 0 Å². The van der Waals surface area contributed by atoms with E-state index in [1.807, 2.05) is 6.92 Å². The van der Waals surface area contributed by atoms with Crippen LogP contribution < -0.4 is 10.6 Å². The van der Waals surface area contributed by atoms with E-state index in [0.717, 1.165) is 30.8 Å². The topological polar surface area (TPSA) is 67.4 Å². The largest absolute Gasteiger partial charge is 0.385 e. The van der Waals surface area contributed by atoms with Crippen molar-refractivity contribution in [2.75, 3.05) is 31.8 Å². The number of rotatable bonds is 7. The van der Waals surface area contributed by atoms with E-state index in [4.69, 9.17) is 4.74 Å². The van der Waals surface area contributed by atoms with Crippen molar-refractivity contribution in [3.8, 4) is 0 Å². The summed E-state index contributed by atoms with van der Waals surface area (Å²) in [5.74, 6) is 1.53. The van der Waals surface area contributed by atoms with Gasteiger partial charge in [0, 0.05) is 48.6 Å². The maximum atomic E-state index is 11.8. The summed E-state index contributed by atoms with van der Waals surface area (Å²) >= 11 is 0. The molecule has 1 atom stereocenters. The van der Waals surface area contributed by atoms with Gasteiger partial charge in [0.1, 0.15) is 0 Å². The molecule has 0 aromatic carbocycles. The predicted molar refractivity (Wildman–Crippen MR) is 73.0 cm³/mol. The van der Waals surface area contributed by atoms with Crippen molar-refractivity contribution >= 4 is 16.7 Å². The van der Waals surface area contributed by atoms with E-state index in [1.165, 1.54) is 0 Å². The first kappa shape index (κ1) is 15.6. The second-order valence-electron chi connectivity index (χ2n) is 4.65. The molecule has 1 heterocycles. The number of amides is 1. The first-order valence-electron chi connectivity index (χ1n) is 6.51. The van der Waals surface area contributed by atoms with Gasteiger partial charge in [-0.2, -0.15) is 0 Å². The average molecular weight is 276 g/mol. The Morgan fingerprint density at radius 1 is 1.44 bits per heavy atom. The molecule has 1 aliphatic heterocycles. The highest BCUT2D eigenvalue weighted by Crippen LogP contribution is 2.09. The van der Waals surface area contributed by atoms with Gasteiger partial charge in [-0.25, -0.2) is 0 Å². The lowest BCUT2D eigenvalue weighted by atomic mass is 10.1. The molecular formula is C12H24N2O3S. The molecule has 1 aliphatic rings. The fourth-order valence-corrected chi connectivity index (χ4v) is 3.27. The molecule has 1 unspecified atom stereocenters. The number of nitrogens with one attached hydrogen (secondary N) is 2. The Kier molecular flexibility index (Phi) is 7.46. The third-order valence-electron chi connectivity index (χ3n) is 3.09. The van der Waals surface area contributed by atoms with Crippen molar-refractivity contribution in [3.05, 3.63) is 0 Å². The summed E-state index contributed by atoms with van der Waals surface area (Å²) in [5.41, 5.74) is 0. The molecule has 0 bridgehead atoms. The minimum Gasteiger partial charge on any atom is -0.385 e. The van der Waals surface area contributed by atoms with E-state index in [1.54, 1.807) is 7.11 Å². The van der Waals surface area contributed by atoms with Crippen molar-refractivity contribution in [1.29, 1.82) is 0 Å². The van der Waals surface area contributed by atoms with Gasteiger partial charge in [0.05, 0.1) is 6.04 Å². The maximum Gasteiger partial charge on any atom is 0.236 e. The van der Waals surface area contributed by atoms with Crippen LogP contribution in [-0.2, 0) is 20.3 Å². The summed E-state index contributed by atoms with van der Waals surface area (Å²) in [6.45, 7) is 3.18. The predicted octanol–water partition coefficient (Wildman–Crippen LogP) is 0.0283. The lowest BCUT2D eigenvalue weighted by molar-refractivity contribution is -0.123. The molecule has 1 fully saturated rings. The highest BCUT2D eigenvalue weighted by molar-refractivity contribution is 7.85. The van der Waals surface area contributed by atoms with Crippen molar-refractivity contribution in [1.82, 2.24) is 10.6 Å². The zero-order chi connectivity index (χ0) is 13.4. The third kappa shape index (κ3) is 5.93. The standard InChI is InChI=1S/C12H24N2O3S/c1-10(12(15)13-6-3-7-17-2)14-11-4-8-18(16)9-5-11/h10-11,14H,3-9H2,1-2H3,(H,13,15). The van der Waals surface area contributed by atoms with Crippen LogP contribution in [0, 0.1) is 0 Å². The van der Waals surface area contributed by atoms with E-state index in [-0.39, 0.29) is 11.9 Å². The molecular weight excluding hydrogens is 252 g/mol. The van der Waals surface area contributed by atoms with Crippen LogP contribution in [0.5, 0.6) is 0 Å². The number of ether oxygens (including phenoxy) is 1. The number of carbonyl (C=O) groups is 1. The molecule has 18 heavy (non-hydrogen) atoms. The van der Waals surface area contributed by atoms with E-state index in [9.17, 15) is 9.00 Å². The summed E-state index contributed by atoms with van der Waals surface area (Å²) in [4.78, 5) is 11.8. The summed E-state index contributed by atoms with van der Waals surface area (Å²) in [6, 6.07) is 0.131. The Balaban J connectivity index is 2.16. The number of hydrogen-bond acceptors (Lipinski definition) is 4. The zero-order valence-electron chi connectivity index (χ0n) is 11.2. The summed E-state index contributed by atoms with van der Waals surface area (Å²) < 4.78 is 16.1. The first-order chi connectivity index (χ1) is 8.63. The molecule has 106 valence electrons. The van der Waals surface area contributed by atoms with E-state index >= 15 is 0 Å². The molecule has 1 rings (SSSR count). The van der Waals surface area contributed by atoms with Crippen molar-refractivity contribution in [2.45, 2.75) is 38.3 Å². The van der Waals surface area contributed by atoms with Crippen LogP contribution in [0.1, 0.15) is 26.2 Å². The van der Waals surface area contributed by atoms with Crippen LogP contribution in [0.2, 0.25) is 0 Å². The van der Waals surface area contributed by atoms with Gasteiger partial charge in [-0.15, -0.1) is 0 Å². The number of carbonyl (C=O) groups excluding carboxylic acids is 1. The highest BCUT2D eigenvalue weighted by atomic mass is 32.2. The molecule has 0 radical (unpaired) electrons. The van der Waals surface area contributed by atoms with E-state index in [0.29, 0.717) is 19.2 Å². The van der Waals surface area contributed by atoms with E-state index in [2.05, 4.69) is 10.6 Å². The van der Waals surface area contributed by atoms with Crippen molar-refractivity contribution in [3.63, 3.8) is 0 Å². The van der Waals surface area contributed by atoms with Gasteiger partial charge in [0.2, 0.25) is 5.91 Å². The molecule has 1 saturated heterocycles. The molecule has 0 aliphatic carbocycles. The molecule has 0 spiro atoms. The van der Waals surface area contributed by atoms with Gasteiger partial charge in [0.25, 0.3) is 0 Å². The van der Waals surface area contributed by atoms with Crippen LogP contribution in [0.15, 0.2) is 0 Å². The Morgan fingerprint density at radius 2 is 2.11 bits per heavy atom. The molecule has 6 heteroatoms. The van der Waals surface area contributed by atoms with Gasteiger partial charge >= 0.3 is 0 Å². The monoisotopic (exact) mass is 276 g/mol. The average Bonchev–Trinajstić information content (AvgIpc) is 2.37. The minimum atomic E-state index is -0.648. The Bertz CT molecular complexity index is 276. The van der Waals surface area contributed by atoms with Crippen molar-refractivity contribution in [2.24, 2.45) is 0 Å². The summed E-state index contributed by atoms with van der Waals surface area (Å²) in [7, 11) is 1.00. The second kappa shape index (κ2) is 8.61. The molecule has 0 aromatic heterocycles. The zero-order valence-corrected chi connectivity index (χ0v) is 12.1. The van der Waals surface area contributed by atoms with Crippen LogP contribution in [0.25, 0.3) is 0 Å². The van der Waals surface area contributed by atoms with Gasteiger partial charge in [-0.05, 0) is 26.2 Å². The molecule has 5 nitrogen and oxygen atoms in total. The summed E-state index contributed by atoms with van der Waals surface area (Å²) in [6.07, 6.45) is 2.62. The smallest absolute Gasteiger partial charge is 0.236 e. The van der Waals surface area contributed by atoms with Crippen LogP contribution in [0.4, 0.5) is 0 Å². The van der Waals surface area contributed by atoms with Gasteiger partial charge in [-0.1, -0.05) is 0 Å². The van der Waals surface area contributed by atoms with Crippen molar-refractivity contribution < 1.29 is 13.7 Å². The van der Waals surface area contributed by atoms with Gasteiger partial charge < -0.3 is 15.4 Å². The van der Waals surface area contributed by atoms with E-state index < -0.39 is 10.8 Å². The molecule has 2 N–H and O–H groups in total. The van der Waals surface area contributed by atoms with Crippen LogP contribution >= 0.6 is 0 Å². The quantitative estimate of drug-likeness (QED) is 0.644. The van der Waals surface area contributed by atoms with Gasteiger partial charge in [-0.3, -0.25) is 9.00 Å². The summed E-state index contributed by atoms with van der Waals surface area (Å²) in [5, 5.41) is 6.18. The normalized spacial score (nSPS) is 25.7. The maximum absolute atomic E-state index is 11.8. The fraction of sp³-hybridized carbons (Fsp3) is 0.917. The third-order valence-corrected chi connectivity index (χ3v) is 4.47. The van der Waals surface area contributed by atoms with Crippen LogP contribution in [0.3, 0.4) is 0 Å². The number of methoxy groups -OCH3 is 1. The Labute approximate surface area is 111 Å². The molecule has 0 saturated carbocycles. The SMILES string of the molecule is COCCCNC(=O)C(C)NC1CCS(=O)CC1. The second-order valence-corrected chi connectivity index (χ2v) is 6.34. The Morgan fingerprint density at radius 3 is 2.72 bits per heavy atom. The van der Waals surface area contributed by atoms with Crippen LogP contribution in [-0.4, -0.2) is 54.0 Å². The minimum absolute atomic E-state index is 0.0257. The lowest BCUT2D eigenvalue weighted by Gasteiger charge is -2.25. The number of hydrogen-bond donors (Lipinski definition) is 2. The highest BCUT2D eigenvalue weighted by Gasteiger charge is 2.21. The Hall–Kier alpha value is -0.460. The molecule has 0 aromatic rings.